The molecule has 0 radical (unpaired) electrons. The lowest BCUT2D eigenvalue weighted by Crippen LogP contribution is -1.47. The van der Waals surface area contributed by atoms with Crippen LogP contribution in [0.5, 0.6) is 0 Å². The largest absolute Gasteiger partial charge is 0.183 e. The van der Waals surface area contributed by atoms with Gasteiger partial charge in [0.05, 0.1) is 0 Å². The first kappa shape index (κ1) is 7.57. The Morgan fingerprint density at radius 1 is 0.625 bits per heavy atom. The average molecular weight is 126 g/mol. The van der Waals surface area contributed by atoms with Crippen LogP contribution >= 0.6 is 12.6 Å². The van der Waals surface area contributed by atoms with Gasteiger partial charge in [-0.15, -0.1) is 0 Å². The van der Waals surface area contributed by atoms with Crippen LogP contribution in [-0.2, 0) is 0 Å². The zero-order chi connectivity index (χ0) is 6.24. The van der Waals surface area contributed by atoms with E-state index < -0.39 is 0 Å². The van der Waals surface area contributed by atoms with Crippen molar-refractivity contribution in [3.63, 3.8) is 0 Å². The highest BCUT2D eigenvalue weighted by Crippen LogP contribution is 1.79. The van der Waals surface area contributed by atoms with Crippen molar-refractivity contribution in [3.05, 3.63) is 36.4 Å². The number of rotatable bonds is 0. The molecule has 1 aromatic carbocycles. The van der Waals surface area contributed by atoms with Gasteiger partial charge in [-0.3, -0.25) is 0 Å². The van der Waals surface area contributed by atoms with Crippen LogP contribution in [-0.4, -0.2) is 6.26 Å². The highest BCUT2D eigenvalue weighted by Gasteiger charge is 1.57. The van der Waals surface area contributed by atoms with Gasteiger partial charge in [0.1, 0.15) is 0 Å². The summed E-state index contributed by atoms with van der Waals surface area (Å²) < 4.78 is 0. The van der Waals surface area contributed by atoms with Crippen molar-refractivity contribution in [1.82, 2.24) is 0 Å². The minimum Gasteiger partial charge on any atom is -0.183 e. The van der Waals surface area contributed by atoms with Crippen LogP contribution in [0.1, 0.15) is 0 Å². The smallest absolute Gasteiger partial charge is 0.0215 e. The van der Waals surface area contributed by atoms with Crippen molar-refractivity contribution in [2.75, 3.05) is 6.26 Å². The van der Waals surface area contributed by atoms with Crippen LogP contribution < -0.4 is 0 Å². The van der Waals surface area contributed by atoms with Gasteiger partial charge in [0.25, 0.3) is 0 Å². The lowest BCUT2D eigenvalue weighted by atomic mass is 10.4. The Bertz CT molecular complexity index is 76.3. The fourth-order valence-corrected chi connectivity index (χ4v) is 0.385. The molecule has 1 heteroatoms. The summed E-state index contributed by atoms with van der Waals surface area (Å²) in [5, 5.41) is 0. The second-order valence-corrected chi connectivity index (χ2v) is 1.15. The molecular weight excluding hydrogens is 116 g/mol. The second kappa shape index (κ2) is 6.57. The molecule has 0 nitrogen and oxygen atoms in total. The predicted molar refractivity (Wildman–Crippen MR) is 41.4 cm³/mol. The van der Waals surface area contributed by atoms with Gasteiger partial charge in [0, 0.05) is 0 Å². The Kier molecular flexibility index (Phi) is 6.22. The maximum atomic E-state index is 3.53. The molecule has 1 rings (SSSR count). The van der Waals surface area contributed by atoms with Gasteiger partial charge >= 0.3 is 0 Å². The molecule has 0 aliphatic heterocycles. The molecule has 0 unspecified atom stereocenters. The summed E-state index contributed by atoms with van der Waals surface area (Å²) in [6, 6.07) is 12.0. The predicted octanol–water partition coefficient (Wildman–Crippen LogP) is 2.23. The third-order valence-corrected chi connectivity index (χ3v) is 0.667. The highest BCUT2D eigenvalue weighted by molar-refractivity contribution is 7.79. The molecule has 0 aromatic heterocycles. The molecule has 1 aromatic rings. The van der Waals surface area contributed by atoms with Crippen LogP contribution in [0, 0.1) is 0 Å². The molecule has 0 amide bonds. The molecule has 0 aliphatic carbocycles. The molecule has 0 fully saturated rings. The zero-order valence-corrected chi connectivity index (χ0v) is 5.81. The summed E-state index contributed by atoms with van der Waals surface area (Å²) in [6.45, 7) is 0. The molecule has 0 spiro atoms. The fraction of sp³-hybridized carbons (Fsp3) is 0.143. The third kappa shape index (κ3) is 3.75. The van der Waals surface area contributed by atoms with E-state index in [1.54, 1.807) is 6.26 Å². The van der Waals surface area contributed by atoms with Crippen LogP contribution in [0.25, 0.3) is 0 Å². The molecule has 8 heavy (non-hydrogen) atoms. The van der Waals surface area contributed by atoms with E-state index in [0.717, 1.165) is 0 Å². The van der Waals surface area contributed by atoms with E-state index in [4.69, 9.17) is 0 Å². The average Bonchev–Trinajstić information content (AvgIpc) is 1.96. The molecule has 0 heterocycles. The number of hydrogen-bond acceptors (Lipinski definition) is 1. The number of hydrogen-bond donors (Lipinski definition) is 1. The normalized spacial score (nSPS) is 6.75. The third-order valence-electron chi connectivity index (χ3n) is 0.667. The molecule has 0 bridgehead atoms. The maximum Gasteiger partial charge on any atom is -0.0215 e. The van der Waals surface area contributed by atoms with Crippen molar-refractivity contribution in [2.45, 2.75) is 0 Å². The zero-order valence-electron chi connectivity index (χ0n) is 4.91. The van der Waals surface area contributed by atoms with Crippen LogP contribution in [0.15, 0.2) is 36.4 Å². The van der Waals surface area contributed by atoms with Crippen LogP contribution in [0.3, 0.4) is 0 Å². The van der Waals surface area contributed by atoms with Crippen molar-refractivity contribution in [2.24, 2.45) is 0 Å². The fourth-order valence-electron chi connectivity index (χ4n) is 0.385. The van der Waals surface area contributed by atoms with E-state index in [2.05, 4.69) is 12.6 Å². The summed E-state index contributed by atoms with van der Waals surface area (Å²) in [6.07, 6.45) is 1.69. The summed E-state index contributed by atoms with van der Waals surface area (Å²) in [4.78, 5) is 0. The van der Waals surface area contributed by atoms with Crippen molar-refractivity contribution in [3.8, 4) is 0 Å². The maximum absolute atomic E-state index is 3.53. The Labute approximate surface area is 56.0 Å². The first-order valence-electron chi connectivity index (χ1n) is 2.45. The minimum atomic E-state index is 1.69. The Morgan fingerprint density at radius 3 is 0.875 bits per heavy atom. The molecule has 0 saturated carbocycles. The number of benzene rings is 1. The molecule has 0 saturated heterocycles. The van der Waals surface area contributed by atoms with Gasteiger partial charge in [-0.1, -0.05) is 36.4 Å². The lowest BCUT2D eigenvalue weighted by molar-refractivity contribution is 1.72. The van der Waals surface area contributed by atoms with E-state index in [1.165, 1.54) is 0 Å². The van der Waals surface area contributed by atoms with E-state index in [-0.39, 0.29) is 0 Å². The van der Waals surface area contributed by atoms with Gasteiger partial charge in [-0.25, -0.2) is 0 Å². The number of thiol groups is 1. The quantitative estimate of drug-likeness (QED) is 0.506. The van der Waals surface area contributed by atoms with E-state index in [9.17, 15) is 0 Å². The summed E-state index contributed by atoms with van der Waals surface area (Å²) in [5.41, 5.74) is 0. The molecule has 0 N–H and O–H groups in total. The van der Waals surface area contributed by atoms with Crippen molar-refractivity contribution < 1.29 is 0 Å². The topological polar surface area (TPSA) is 0 Å². The monoisotopic (exact) mass is 126 g/mol. The Morgan fingerprint density at radius 2 is 0.750 bits per heavy atom. The standard InChI is InChI=1S/C6H6.CH4S/c1-2-4-6-5-3-1;1-2/h1-6H;2H,1H3. The summed E-state index contributed by atoms with van der Waals surface area (Å²) >= 11 is 3.53. The highest BCUT2D eigenvalue weighted by atomic mass is 32.1. The van der Waals surface area contributed by atoms with Gasteiger partial charge in [0.2, 0.25) is 0 Å². The van der Waals surface area contributed by atoms with Crippen molar-refractivity contribution >= 4 is 12.6 Å². The summed E-state index contributed by atoms with van der Waals surface area (Å²) in [5.74, 6) is 0. The Balaban J connectivity index is 0.000000222. The summed E-state index contributed by atoms with van der Waals surface area (Å²) in [7, 11) is 0. The molecule has 44 valence electrons. The lowest BCUT2D eigenvalue weighted by Gasteiger charge is -1.69. The molecule has 0 atom stereocenters. The van der Waals surface area contributed by atoms with Gasteiger partial charge in [-0.2, -0.15) is 12.6 Å². The SMILES string of the molecule is CS.c1ccccc1. The van der Waals surface area contributed by atoms with Gasteiger partial charge in [0.15, 0.2) is 0 Å². The van der Waals surface area contributed by atoms with Crippen LogP contribution in [0.2, 0.25) is 0 Å². The van der Waals surface area contributed by atoms with Crippen LogP contribution in [0.4, 0.5) is 0 Å². The van der Waals surface area contributed by atoms with Gasteiger partial charge in [-0.05, 0) is 6.26 Å². The van der Waals surface area contributed by atoms with Crippen molar-refractivity contribution in [1.29, 1.82) is 0 Å². The minimum absolute atomic E-state index is 1.69. The van der Waals surface area contributed by atoms with E-state index >= 15 is 0 Å². The van der Waals surface area contributed by atoms with E-state index in [0.29, 0.717) is 0 Å². The van der Waals surface area contributed by atoms with E-state index in [1.807, 2.05) is 36.4 Å². The molecular formula is C7H10S. The first-order valence-corrected chi connectivity index (χ1v) is 3.34. The Hall–Kier alpha value is -0.430. The second-order valence-electron chi connectivity index (χ2n) is 1.15. The first-order chi connectivity index (χ1) is 4.00. The molecule has 0 aliphatic rings. The van der Waals surface area contributed by atoms with Gasteiger partial charge < -0.3 is 0 Å².